The van der Waals surface area contributed by atoms with Crippen molar-refractivity contribution in [2.45, 2.75) is 0 Å². The van der Waals surface area contributed by atoms with E-state index >= 15 is 0 Å². The maximum Gasteiger partial charge on any atom is 0.0990 e. The maximum atomic E-state index is 4.09. The molecule has 2 rings (SSSR count). The predicted octanol–water partition coefficient (Wildman–Crippen LogP) is 2.56. The van der Waals surface area contributed by atoms with Gasteiger partial charge in [0.25, 0.3) is 0 Å². The van der Waals surface area contributed by atoms with Crippen LogP contribution in [-0.4, -0.2) is 6.34 Å². The van der Waals surface area contributed by atoms with E-state index in [-0.39, 0.29) is 0 Å². The molecule has 64 valence electrons. The molecule has 0 fully saturated rings. The van der Waals surface area contributed by atoms with Crippen LogP contribution in [0, 0.1) is 0 Å². The van der Waals surface area contributed by atoms with E-state index in [0.29, 0.717) is 0 Å². The van der Waals surface area contributed by atoms with Crippen molar-refractivity contribution in [2.24, 2.45) is 4.99 Å². The molecule has 13 heavy (non-hydrogen) atoms. The number of benzene rings is 1. The van der Waals surface area contributed by atoms with Gasteiger partial charge in [-0.1, -0.05) is 18.2 Å². The minimum atomic E-state index is 1.12. The lowest BCUT2D eigenvalue weighted by Crippen LogP contribution is -2.11. The third-order valence-electron chi connectivity index (χ3n) is 1.78. The lowest BCUT2D eigenvalue weighted by atomic mass is 10.3. The molecule has 1 aromatic rings. The van der Waals surface area contributed by atoms with Crippen molar-refractivity contribution in [1.82, 2.24) is 0 Å². The fourth-order valence-corrected chi connectivity index (χ4v) is 1.14. The molecule has 0 amide bonds. The molecular weight excluding hydrogens is 160 g/mol. The smallest absolute Gasteiger partial charge is 0.0990 e. The van der Waals surface area contributed by atoms with Crippen molar-refractivity contribution in [3.05, 3.63) is 54.9 Å². The number of nitrogens with zero attached hydrogens (tertiary/aromatic N) is 2. The lowest BCUT2D eigenvalue weighted by molar-refractivity contribution is 1.37. The molecule has 0 atom stereocenters. The molecule has 0 bridgehead atoms. The molecule has 0 N–H and O–H groups in total. The summed E-state index contributed by atoms with van der Waals surface area (Å²) in [5.41, 5.74) is 1.12. The number of aliphatic imine (C=N–C) groups is 1. The van der Waals surface area contributed by atoms with Gasteiger partial charge in [0.2, 0.25) is 0 Å². The fraction of sp³-hybridized carbons (Fsp3) is 0. The first kappa shape index (κ1) is 7.80. The second-order valence-electron chi connectivity index (χ2n) is 2.69. The lowest BCUT2D eigenvalue weighted by Gasteiger charge is -2.12. The Morgan fingerprint density at radius 2 is 1.85 bits per heavy atom. The highest BCUT2D eigenvalue weighted by atomic mass is 15.1. The zero-order chi connectivity index (χ0) is 8.93. The van der Waals surface area contributed by atoms with E-state index in [2.05, 4.69) is 4.99 Å². The molecule has 1 heterocycles. The Morgan fingerprint density at radius 1 is 1.00 bits per heavy atom. The van der Waals surface area contributed by atoms with Crippen molar-refractivity contribution in [2.75, 3.05) is 4.90 Å². The Labute approximate surface area is 77.5 Å². The van der Waals surface area contributed by atoms with Gasteiger partial charge in [-0.25, -0.2) is 4.99 Å². The number of hydrogen-bond donors (Lipinski definition) is 0. The van der Waals surface area contributed by atoms with E-state index in [1.807, 2.05) is 53.6 Å². The third kappa shape index (κ3) is 1.85. The zero-order valence-electron chi connectivity index (χ0n) is 7.17. The average molecular weight is 170 g/mol. The summed E-state index contributed by atoms with van der Waals surface area (Å²) < 4.78 is 0. The van der Waals surface area contributed by atoms with Crippen molar-refractivity contribution < 1.29 is 0 Å². The normalized spacial score (nSPS) is 14.6. The number of rotatable bonds is 1. The minimum Gasteiger partial charge on any atom is -0.308 e. The summed E-state index contributed by atoms with van der Waals surface area (Å²) in [5.74, 6) is 0. The van der Waals surface area contributed by atoms with Crippen LogP contribution in [0.25, 0.3) is 0 Å². The summed E-state index contributed by atoms with van der Waals surface area (Å²) in [6, 6.07) is 10.1. The van der Waals surface area contributed by atoms with E-state index in [4.69, 9.17) is 0 Å². The van der Waals surface area contributed by atoms with Gasteiger partial charge in [-0.05, 0) is 24.3 Å². The SMILES string of the molecule is C1=CN=CN(c2ccccc2)C=C1. The Kier molecular flexibility index (Phi) is 2.23. The highest BCUT2D eigenvalue weighted by Gasteiger charge is 1.97. The largest absolute Gasteiger partial charge is 0.308 e. The Balaban J connectivity index is 2.27. The van der Waals surface area contributed by atoms with Crippen LogP contribution in [0.1, 0.15) is 0 Å². The Bertz CT molecular complexity index is 334. The number of anilines is 1. The Hall–Kier alpha value is -1.83. The van der Waals surface area contributed by atoms with Gasteiger partial charge in [0, 0.05) is 18.1 Å². The molecule has 1 aliphatic rings. The van der Waals surface area contributed by atoms with Gasteiger partial charge in [-0.3, -0.25) is 0 Å². The van der Waals surface area contributed by atoms with Crippen molar-refractivity contribution in [3.63, 3.8) is 0 Å². The number of hydrogen-bond acceptors (Lipinski definition) is 2. The van der Waals surface area contributed by atoms with Crippen molar-refractivity contribution in [3.8, 4) is 0 Å². The van der Waals surface area contributed by atoms with E-state index in [0.717, 1.165) is 5.69 Å². The monoisotopic (exact) mass is 170 g/mol. The second kappa shape index (κ2) is 3.72. The van der Waals surface area contributed by atoms with Gasteiger partial charge in [0.1, 0.15) is 0 Å². The standard InChI is InChI=1S/C11H10N2/c1-2-6-11(7-3-1)13-9-5-4-8-12-10-13/h1-10H. The second-order valence-corrected chi connectivity index (χ2v) is 2.69. The molecule has 0 saturated heterocycles. The quantitative estimate of drug-likeness (QED) is 0.632. The van der Waals surface area contributed by atoms with Crippen molar-refractivity contribution >= 4 is 12.0 Å². The number of para-hydroxylation sites is 1. The molecule has 2 nitrogen and oxygen atoms in total. The topological polar surface area (TPSA) is 15.6 Å². The molecule has 0 aliphatic carbocycles. The predicted molar refractivity (Wildman–Crippen MR) is 55.7 cm³/mol. The van der Waals surface area contributed by atoms with Crippen LogP contribution < -0.4 is 4.90 Å². The molecule has 0 unspecified atom stereocenters. The highest BCUT2D eigenvalue weighted by molar-refractivity contribution is 5.82. The van der Waals surface area contributed by atoms with Gasteiger partial charge in [-0.2, -0.15) is 0 Å². The summed E-state index contributed by atoms with van der Waals surface area (Å²) in [6.45, 7) is 0. The molecule has 1 aliphatic heterocycles. The maximum absolute atomic E-state index is 4.09. The summed E-state index contributed by atoms with van der Waals surface area (Å²) in [7, 11) is 0. The van der Waals surface area contributed by atoms with Gasteiger partial charge in [0.05, 0.1) is 6.34 Å². The first-order chi connectivity index (χ1) is 6.47. The molecule has 0 aromatic heterocycles. The van der Waals surface area contributed by atoms with Crippen LogP contribution in [0.3, 0.4) is 0 Å². The van der Waals surface area contributed by atoms with Gasteiger partial charge < -0.3 is 4.90 Å². The molecule has 0 spiro atoms. The van der Waals surface area contributed by atoms with Crippen LogP contribution in [0.4, 0.5) is 5.69 Å². The Morgan fingerprint density at radius 3 is 2.69 bits per heavy atom. The van der Waals surface area contributed by atoms with Crippen LogP contribution in [0.15, 0.2) is 59.9 Å². The van der Waals surface area contributed by atoms with Gasteiger partial charge >= 0.3 is 0 Å². The molecule has 0 saturated carbocycles. The van der Waals surface area contributed by atoms with Crippen LogP contribution in [-0.2, 0) is 0 Å². The van der Waals surface area contributed by atoms with E-state index < -0.39 is 0 Å². The third-order valence-corrected chi connectivity index (χ3v) is 1.78. The highest BCUT2D eigenvalue weighted by Crippen LogP contribution is 2.12. The number of allylic oxidation sites excluding steroid dienone is 2. The molecule has 0 radical (unpaired) electrons. The molecular formula is C11H10N2. The van der Waals surface area contributed by atoms with Gasteiger partial charge in [-0.15, -0.1) is 0 Å². The van der Waals surface area contributed by atoms with E-state index in [1.165, 1.54) is 0 Å². The van der Waals surface area contributed by atoms with Crippen LogP contribution >= 0.6 is 0 Å². The fourth-order valence-electron chi connectivity index (χ4n) is 1.14. The summed E-state index contributed by atoms with van der Waals surface area (Å²) in [4.78, 5) is 6.06. The van der Waals surface area contributed by atoms with Crippen LogP contribution in [0.2, 0.25) is 0 Å². The van der Waals surface area contributed by atoms with Crippen LogP contribution in [0.5, 0.6) is 0 Å². The zero-order valence-corrected chi connectivity index (χ0v) is 7.17. The molecule has 2 heteroatoms. The minimum absolute atomic E-state index is 1.12. The van der Waals surface area contributed by atoms with Gasteiger partial charge in [0.15, 0.2) is 0 Å². The van der Waals surface area contributed by atoms with E-state index in [1.54, 1.807) is 12.5 Å². The van der Waals surface area contributed by atoms with E-state index in [9.17, 15) is 0 Å². The molecule has 1 aromatic carbocycles. The summed E-state index contributed by atoms with van der Waals surface area (Å²) in [5, 5.41) is 0. The first-order valence-electron chi connectivity index (χ1n) is 4.17. The first-order valence-corrected chi connectivity index (χ1v) is 4.17. The summed E-state index contributed by atoms with van der Waals surface area (Å²) in [6.07, 6.45) is 9.39. The average Bonchev–Trinajstić information content (AvgIpc) is 2.47. The van der Waals surface area contributed by atoms with Crippen molar-refractivity contribution in [1.29, 1.82) is 0 Å². The summed E-state index contributed by atoms with van der Waals surface area (Å²) >= 11 is 0.